The third kappa shape index (κ3) is 6.88. The molecule has 0 aliphatic carbocycles. The Hall–Kier alpha value is 0.209. The SMILES string of the molecule is CCCCCCCCC[O][Sn](=[O])[C](F)(F)C(F)(F)C(C)F. The van der Waals surface area contributed by atoms with E-state index in [0.717, 1.165) is 32.1 Å². The first-order chi connectivity index (χ1) is 9.67. The van der Waals surface area contributed by atoms with Crippen LogP contribution in [-0.2, 0) is 6.15 Å². The molecule has 0 saturated heterocycles. The van der Waals surface area contributed by atoms with Gasteiger partial charge in [-0.3, -0.25) is 0 Å². The van der Waals surface area contributed by atoms with Crippen LogP contribution in [-0.4, -0.2) is 42.8 Å². The molecule has 0 N–H and O–H groups in total. The summed E-state index contributed by atoms with van der Waals surface area (Å²) in [7, 11) is 0. The average molecular weight is 425 g/mol. The molecule has 8 heteroatoms. The molecule has 0 aromatic rings. The van der Waals surface area contributed by atoms with Crippen LogP contribution in [0.2, 0.25) is 0 Å². The standard InChI is InChI=1S/C9H19O.C4H4F5.O.Sn/c1-2-3-4-5-6-7-8-9-10;1-2(5)4(8,9)3(6)7;;/h2-9H2,1H3;2H,1H3;;/q-1;;;+1. The molecule has 1 atom stereocenters. The predicted molar refractivity (Wildman–Crippen MR) is 70.8 cm³/mol. The molecule has 0 spiro atoms. The van der Waals surface area contributed by atoms with E-state index in [1.54, 1.807) is 0 Å². The van der Waals surface area contributed by atoms with Crippen LogP contribution in [0.5, 0.6) is 0 Å². The quantitative estimate of drug-likeness (QED) is 0.254. The van der Waals surface area contributed by atoms with Crippen LogP contribution in [0.4, 0.5) is 22.0 Å². The van der Waals surface area contributed by atoms with Gasteiger partial charge in [-0.05, 0) is 0 Å². The van der Waals surface area contributed by atoms with Crippen molar-refractivity contribution in [1.29, 1.82) is 0 Å². The van der Waals surface area contributed by atoms with E-state index in [0.29, 0.717) is 19.8 Å². The summed E-state index contributed by atoms with van der Waals surface area (Å²) in [5.41, 5.74) is 0. The van der Waals surface area contributed by atoms with Gasteiger partial charge in [-0.25, -0.2) is 0 Å². The maximum absolute atomic E-state index is 13.2. The maximum atomic E-state index is 13.2. The van der Waals surface area contributed by atoms with Gasteiger partial charge in [0.1, 0.15) is 0 Å². The van der Waals surface area contributed by atoms with Crippen LogP contribution >= 0.6 is 0 Å². The van der Waals surface area contributed by atoms with Crippen molar-refractivity contribution in [2.24, 2.45) is 0 Å². The van der Waals surface area contributed by atoms with Crippen molar-refractivity contribution in [3.63, 3.8) is 0 Å². The van der Waals surface area contributed by atoms with Crippen molar-refractivity contribution in [2.45, 2.75) is 74.8 Å². The summed E-state index contributed by atoms with van der Waals surface area (Å²) in [5.74, 6) is -4.94. The molecule has 0 heterocycles. The molecule has 0 radical (unpaired) electrons. The third-order valence-corrected chi connectivity index (χ3v) is 6.90. The number of rotatable bonds is 12. The Morgan fingerprint density at radius 2 is 1.48 bits per heavy atom. The Morgan fingerprint density at radius 3 is 1.95 bits per heavy atom. The fourth-order valence-corrected chi connectivity index (χ4v) is 4.50. The molecule has 0 fully saturated rings. The first-order valence-corrected chi connectivity index (χ1v) is 11.0. The number of halogens is 5. The molecular formula is C13H23F5O2Sn. The molecule has 0 saturated carbocycles. The van der Waals surface area contributed by atoms with Crippen LogP contribution in [0.25, 0.3) is 0 Å². The number of unbranched alkanes of at least 4 members (excludes halogenated alkanes) is 6. The zero-order valence-electron chi connectivity index (χ0n) is 12.4. The van der Waals surface area contributed by atoms with Crippen molar-refractivity contribution < 1.29 is 28.1 Å². The Balaban J connectivity index is 3.99. The first-order valence-electron chi connectivity index (χ1n) is 7.24. The molecule has 0 rings (SSSR count). The van der Waals surface area contributed by atoms with E-state index in [-0.39, 0.29) is 6.61 Å². The van der Waals surface area contributed by atoms with Crippen molar-refractivity contribution >= 4 is 20.2 Å². The molecular weight excluding hydrogens is 402 g/mol. The van der Waals surface area contributed by atoms with E-state index in [9.17, 15) is 25.0 Å². The second kappa shape index (κ2) is 10.1. The Labute approximate surface area is 130 Å². The van der Waals surface area contributed by atoms with Gasteiger partial charge in [-0.2, -0.15) is 0 Å². The molecule has 126 valence electrons. The molecule has 0 amide bonds. The summed E-state index contributed by atoms with van der Waals surface area (Å²) in [6.45, 7) is 2.17. The third-order valence-electron chi connectivity index (χ3n) is 3.16. The summed E-state index contributed by atoms with van der Waals surface area (Å²) in [4.78, 5) is 0. The van der Waals surface area contributed by atoms with Crippen molar-refractivity contribution in [2.75, 3.05) is 6.61 Å². The zero-order valence-corrected chi connectivity index (χ0v) is 15.3. The topological polar surface area (TPSA) is 26.3 Å². The van der Waals surface area contributed by atoms with Crippen molar-refractivity contribution in [1.82, 2.24) is 0 Å². The van der Waals surface area contributed by atoms with Crippen molar-refractivity contribution in [3.05, 3.63) is 0 Å². The summed E-state index contributed by atoms with van der Waals surface area (Å²) >= 11 is -5.35. The summed E-state index contributed by atoms with van der Waals surface area (Å²) in [6, 6.07) is 0. The monoisotopic (exact) mass is 426 g/mol. The second-order valence-corrected chi connectivity index (χ2v) is 9.33. The summed E-state index contributed by atoms with van der Waals surface area (Å²) < 4.78 is 75.7. The molecule has 2 nitrogen and oxygen atoms in total. The van der Waals surface area contributed by atoms with Gasteiger partial charge in [-0.1, -0.05) is 0 Å². The fourth-order valence-electron chi connectivity index (χ4n) is 1.70. The summed E-state index contributed by atoms with van der Waals surface area (Å²) in [6.07, 6.45) is 3.30. The molecule has 21 heavy (non-hydrogen) atoms. The van der Waals surface area contributed by atoms with Gasteiger partial charge in [0.25, 0.3) is 0 Å². The molecule has 0 bridgehead atoms. The first kappa shape index (κ1) is 21.2. The van der Waals surface area contributed by atoms with Gasteiger partial charge in [0.05, 0.1) is 0 Å². The van der Waals surface area contributed by atoms with Gasteiger partial charge in [0, 0.05) is 0 Å². The Kier molecular flexibility index (Phi) is 10.2. The molecule has 1 unspecified atom stereocenters. The second-order valence-electron chi connectivity index (χ2n) is 5.07. The van der Waals surface area contributed by atoms with Gasteiger partial charge in [0.15, 0.2) is 0 Å². The van der Waals surface area contributed by atoms with Crippen molar-refractivity contribution in [3.8, 4) is 0 Å². The van der Waals surface area contributed by atoms with E-state index in [1.165, 1.54) is 0 Å². The van der Waals surface area contributed by atoms with Crippen LogP contribution in [0, 0.1) is 0 Å². The van der Waals surface area contributed by atoms with Gasteiger partial charge >= 0.3 is 130 Å². The van der Waals surface area contributed by atoms with E-state index in [1.807, 2.05) is 0 Å². The van der Waals surface area contributed by atoms with Crippen LogP contribution in [0.15, 0.2) is 0 Å². The van der Waals surface area contributed by atoms with E-state index >= 15 is 0 Å². The zero-order chi connectivity index (χ0) is 16.5. The molecule has 0 aromatic carbocycles. The van der Waals surface area contributed by atoms with Crippen LogP contribution in [0.1, 0.15) is 58.8 Å². The van der Waals surface area contributed by atoms with E-state index in [4.69, 9.17) is 0 Å². The van der Waals surface area contributed by atoms with Gasteiger partial charge in [-0.15, -0.1) is 0 Å². The van der Waals surface area contributed by atoms with Gasteiger partial charge in [0.2, 0.25) is 0 Å². The number of hydrogen-bond donors (Lipinski definition) is 0. The fraction of sp³-hybridized carbons (Fsp3) is 1.00. The molecule has 0 aliphatic heterocycles. The predicted octanol–water partition coefficient (Wildman–Crippen LogP) is 4.84. The Bertz CT molecular complexity index is 311. The van der Waals surface area contributed by atoms with E-state index < -0.39 is 36.2 Å². The minimum absolute atomic E-state index is 0.238. The molecule has 0 aromatic heterocycles. The summed E-state index contributed by atoms with van der Waals surface area (Å²) in [5, 5.41) is 0. The Morgan fingerprint density at radius 1 is 1.00 bits per heavy atom. The van der Waals surface area contributed by atoms with E-state index in [2.05, 4.69) is 10.00 Å². The average Bonchev–Trinajstić information content (AvgIpc) is 2.40. The number of alkyl halides is 5. The minimum atomic E-state index is -5.35. The van der Waals surface area contributed by atoms with Crippen LogP contribution < -0.4 is 0 Å². The van der Waals surface area contributed by atoms with Crippen LogP contribution in [0.3, 0.4) is 0 Å². The molecule has 0 aliphatic rings. The number of hydrogen-bond acceptors (Lipinski definition) is 2. The normalized spacial score (nSPS) is 14.2. The van der Waals surface area contributed by atoms with Gasteiger partial charge < -0.3 is 0 Å².